The lowest BCUT2D eigenvalue weighted by Crippen LogP contribution is -2.27. The van der Waals surface area contributed by atoms with Crippen LogP contribution in [0.3, 0.4) is 0 Å². The zero-order chi connectivity index (χ0) is 14.8. The number of aryl methyl sites for hydroxylation is 1. The maximum absolute atomic E-state index is 12.4. The lowest BCUT2D eigenvalue weighted by atomic mass is 10.1. The van der Waals surface area contributed by atoms with E-state index in [1.807, 2.05) is 66.1 Å². The molecule has 0 radical (unpaired) electrons. The maximum Gasteiger partial charge on any atom is 0.203 e. The van der Waals surface area contributed by atoms with Crippen LogP contribution < -0.4 is 5.62 Å². The summed E-state index contributed by atoms with van der Waals surface area (Å²) in [4.78, 5) is 12.4. The van der Waals surface area contributed by atoms with Crippen LogP contribution in [0.15, 0.2) is 54.6 Å². The van der Waals surface area contributed by atoms with Crippen molar-refractivity contribution in [3.05, 3.63) is 65.8 Å². The van der Waals surface area contributed by atoms with Crippen LogP contribution in [-0.2, 0) is 13.1 Å². The van der Waals surface area contributed by atoms with Crippen molar-refractivity contribution < 1.29 is 4.79 Å². The molecule has 0 bridgehead atoms. The number of nitrogens with one attached hydrogen (secondary N) is 1. The number of para-hydroxylation sites is 2. The van der Waals surface area contributed by atoms with Gasteiger partial charge in [0.05, 0.1) is 17.6 Å². The highest BCUT2D eigenvalue weighted by Crippen LogP contribution is 2.13. The SMILES string of the molecule is CCn1c(=N)n(CC(=O)c2ccccc2)c2ccccc21. The summed E-state index contributed by atoms with van der Waals surface area (Å²) in [5.74, 6) is 0.0214. The first-order chi connectivity index (χ1) is 10.2. The summed E-state index contributed by atoms with van der Waals surface area (Å²) in [6.45, 7) is 2.91. The summed E-state index contributed by atoms with van der Waals surface area (Å²) in [6.07, 6.45) is 0. The number of rotatable bonds is 4. The number of carbonyl (C=O) groups is 1. The highest BCUT2D eigenvalue weighted by atomic mass is 16.1. The lowest BCUT2D eigenvalue weighted by molar-refractivity contribution is 0.0971. The molecule has 1 aromatic heterocycles. The average molecular weight is 279 g/mol. The van der Waals surface area contributed by atoms with Gasteiger partial charge in [-0.3, -0.25) is 10.2 Å². The maximum atomic E-state index is 12.4. The average Bonchev–Trinajstić information content (AvgIpc) is 2.80. The minimum atomic E-state index is 0.0214. The minimum absolute atomic E-state index is 0.0214. The Kier molecular flexibility index (Phi) is 3.44. The number of imidazole rings is 1. The van der Waals surface area contributed by atoms with E-state index in [2.05, 4.69) is 0 Å². The summed E-state index contributed by atoms with van der Waals surface area (Å²) in [5.41, 5.74) is 2.96. The molecule has 1 heterocycles. The predicted molar refractivity (Wildman–Crippen MR) is 82.2 cm³/mol. The Morgan fingerprint density at radius 2 is 1.52 bits per heavy atom. The van der Waals surface area contributed by atoms with Crippen molar-refractivity contribution in [2.75, 3.05) is 0 Å². The number of hydrogen-bond donors (Lipinski definition) is 1. The largest absolute Gasteiger partial charge is 0.311 e. The Hall–Kier alpha value is -2.62. The number of ketones is 1. The monoisotopic (exact) mass is 279 g/mol. The van der Waals surface area contributed by atoms with Crippen LogP contribution in [-0.4, -0.2) is 14.9 Å². The summed E-state index contributed by atoms with van der Waals surface area (Å²) in [6, 6.07) is 17.1. The topological polar surface area (TPSA) is 50.8 Å². The standard InChI is InChI=1S/C17H17N3O/c1-2-19-14-10-6-7-11-15(14)20(17(19)18)12-16(21)13-8-4-3-5-9-13/h3-11,18H,2,12H2,1H3. The minimum Gasteiger partial charge on any atom is -0.311 e. The van der Waals surface area contributed by atoms with Crippen LogP contribution in [0.4, 0.5) is 0 Å². The molecular formula is C17H17N3O. The van der Waals surface area contributed by atoms with Gasteiger partial charge in [0.1, 0.15) is 0 Å². The third-order valence-corrected chi connectivity index (χ3v) is 3.69. The van der Waals surface area contributed by atoms with Crippen molar-refractivity contribution >= 4 is 16.8 Å². The van der Waals surface area contributed by atoms with Crippen LogP contribution in [0, 0.1) is 5.41 Å². The molecule has 106 valence electrons. The molecule has 3 rings (SSSR count). The molecule has 0 aliphatic heterocycles. The molecule has 0 atom stereocenters. The van der Waals surface area contributed by atoms with Crippen molar-refractivity contribution in [1.82, 2.24) is 9.13 Å². The first-order valence-corrected chi connectivity index (χ1v) is 7.03. The van der Waals surface area contributed by atoms with Crippen LogP contribution in [0.5, 0.6) is 0 Å². The van der Waals surface area contributed by atoms with Crippen LogP contribution in [0.25, 0.3) is 11.0 Å². The second kappa shape index (κ2) is 5.40. The van der Waals surface area contributed by atoms with E-state index in [9.17, 15) is 4.79 Å². The van der Waals surface area contributed by atoms with E-state index < -0.39 is 0 Å². The Morgan fingerprint density at radius 1 is 0.952 bits per heavy atom. The van der Waals surface area contributed by atoms with Gasteiger partial charge in [-0.15, -0.1) is 0 Å². The molecule has 0 fully saturated rings. The summed E-state index contributed by atoms with van der Waals surface area (Å²) in [7, 11) is 0. The van der Waals surface area contributed by atoms with Crippen LogP contribution in [0.2, 0.25) is 0 Å². The summed E-state index contributed by atoms with van der Waals surface area (Å²) in [5, 5.41) is 8.30. The van der Waals surface area contributed by atoms with Crippen LogP contribution in [0.1, 0.15) is 17.3 Å². The van der Waals surface area contributed by atoms with E-state index in [-0.39, 0.29) is 12.3 Å². The van der Waals surface area contributed by atoms with Gasteiger partial charge < -0.3 is 9.13 Å². The number of hydrogen-bond acceptors (Lipinski definition) is 2. The molecule has 21 heavy (non-hydrogen) atoms. The Morgan fingerprint density at radius 3 is 2.14 bits per heavy atom. The Labute approximate surface area is 122 Å². The first kappa shape index (κ1) is 13.4. The number of Topliss-reactive ketones (excluding diaryl/α,β-unsaturated/α-hetero) is 1. The van der Waals surface area contributed by atoms with Crippen molar-refractivity contribution in [2.24, 2.45) is 0 Å². The molecular weight excluding hydrogens is 262 g/mol. The highest BCUT2D eigenvalue weighted by Gasteiger charge is 2.13. The van der Waals surface area contributed by atoms with Crippen molar-refractivity contribution in [3.8, 4) is 0 Å². The molecule has 0 unspecified atom stereocenters. The molecule has 0 aliphatic rings. The second-order valence-corrected chi connectivity index (χ2v) is 4.93. The van der Waals surface area contributed by atoms with E-state index in [0.717, 1.165) is 11.0 Å². The fourth-order valence-corrected chi connectivity index (χ4v) is 2.63. The number of nitrogens with zero attached hydrogens (tertiary/aromatic N) is 2. The Balaban J connectivity index is 2.07. The van der Waals surface area contributed by atoms with Gasteiger partial charge in [-0.1, -0.05) is 42.5 Å². The molecule has 1 N–H and O–H groups in total. The van der Waals surface area contributed by atoms with E-state index in [1.165, 1.54) is 0 Å². The summed E-state index contributed by atoms with van der Waals surface area (Å²) >= 11 is 0. The smallest absolute Gasteiger partial charge is 0.203 e. The predicted octanol–water partition coefficient (Wildman–Crippen LogP) is 2.83. The lowest BCUT2D eigenvalue weighted by Gasteiger charge is -2.04. The molecule has 4 nitrogen and oxygen atoms in total. The van der Waals surface area contributed by atoms with Gasteiger partial charge in [0, 0.05) is 12.1 Å². The van der Waals surface area contributed by atoms with Gasteiger partial charge in [0.15, 0.2) is 5.78 Å². The van der Waals surface area contributed by atoms with E-state index in [1.54, 1.807) is 4.57 Å². The van der Waals surface area contributed by atoms with Gasteiger partial charge in [0.25, 0.3) is 0 Å². The molecule has 0 amide bonds. The van der Waals surface area contributed by atoms with Crippen LogP contribution >= 0.6 is 0 Å². The highest BCUT2D eigenvalue weighted by molar-refractivity contribution is 5.96. The van der Waals surface area contributed by atoms with Crippen molar-refractivity contribution in [1.29, 1.82) is 5.41 Å². The molecule has 0 saturated carbocycles. The van der Waals surface area contributed by atoms with Crippen molar-refractivity contribution in [2.45, 2.75) is 20.0 Å². The fourth-order valence-electron chi connectivity index (χ4n) is 2.63. The molecule has 2 aromatic carbocycles. The third-order valence-electron chi connectivity index (χ3n) is 3.69. The van der Waals surface area contributed by atoms with E-state index >= 15 is 0 Å². The molecule has 0 spiro atoms. The fraction of sp³-hybridized carbons (Fsp3) is 0.176. The molecule has 0 saturated heterocycles. The second-order valence-electron chi connectivity index (χ2n) is 4.93. The zero-order valence-electron chi connectivity index (χ0n) is 11.9. The van der Waals surface area contributed by atoms with Gasteiger partial charge in [-0.25, -0.2) is 0 Å². The normalized spacial score (nSPS) is 10.9. The van der Waals surface area contributed by atoms with Gasteiger partial charge in [-0.05, 0) is 19.1 Å². The molecule has 3 aromatic rings. The summed E-state index contributed by atoms with van der Waals surface area (Å²) < 4.78 is 3.68. The number of benzene rings is 2. The molecule has 0 aliphatic carbocycles. The Bertz CT molecular complexity index is 843. The molecule has 4 heteroatoms. The quantitative estimate of drug-likeness (QED) is 0.734. The zero-order valence-corrected chi connectivity index (χ0v) is 11.9. The number of aromatic nitrogens is 2. The van der Waals surface area contributed by atoms with Crippen molar-refractivity contribution in [3.63, 3.8) is 0 Å². The number of carbonyl (C=O) groups excluding carboxylic acids is 1. The van der Waals surface area contributed by atoms with E-state index in [4.69, 9.17) is 5.41 Å². The van der Waals surface area contributed by atoms with Gasteiger partial charge in [0.2, 0.25) is 5.62 Å². The first-order valence-electron chi connectivity index (χ1n) is 7.03. The third kappa shape index (κ3) is 2.29. The van der Waals surface area contributed by atoms with Gasteiger partial charge in [-0.2, -0.15) is 0 Å². The number of fused-ring (bicyclic) bond motifs is 1. The van der Waals surface area contributed by atoms with E-state index in [0.29, 0.717) is 17.7 Å². The van der Waals surface area contributed by atoms with Gasteiger partial charge >= 0.3 is 0 Å².